The summed E-state index contributed by atoms with van der Waals surface area (Å²) in [5.41, 5.74) is 0.652. The Balaban J connectivity index is 2.21. The maximum atomic E-state index is 13.4. The van der Waals surface area contributed by atoms with Crippen LogP contribution in [0.15, 0.2) is 18.2 Å². The molecule has 0 spiro atoms. The van der Waals surface area contributed by atoms with Crippen molar-refractivity contribution in [3.63, 3.8) is 0 Å². The zero-order chi connectivity index (χ0) is 14.9. The molecule has 20 heavy (non-hydrogen) atoms. The minimum atomic E-state index is -0.927. The van der Waals surface area contributed by atoms with Gasteiger partial charge in [0.05, 0.1) is 0 Å². The highest BCUT2D eigenvalue weighted by atomic mass is 19.2. The second-order valence-electron chi connectivity index (χ2n) is 5.22. The maximum Gasteiger partial charge on any atom is 0.320 e. The Bertz CT molecular complexity index is 510. The van der Waals surface area contributed by atoms with E-state index in [1.54, 1.807) is 13.0 Å². The van der Waals surface area contributed by atoms with Gasteiger partial charge < -0.3 is 5.11 Å². The second-order valence-corrected chi connectivity index (χ2v) is 5.22. The lowest BCUT2D eigenvalue weighted by Gasteiger charge is -2.27. The van der Waals surface area contributed by atoms with Crippen molar-refractivity contribution in [2.45, 2.75) is 31.5 Å². The van der Waals surface area contributed by atoms with Crippen LogP contribution in [0.5, 0.6) is 0 Å². The van der Waals surface area contributed by atoms with Gasteiger partial charge in [0.15, 0.2) is 11.6 Å². The van der Waals surface area contributed by atoms with Crippen LogP contribution in [0.4, 0.5) is 8.78 Å². The first kappa shape index (κ1) is 14.9. The first-order valence-corrected chi connectivity index (χ1v) is 6.54. The third-order valence-corrected chi connectivity index (χ3v) is 3.77. The van der Waals surface area contributed by atoms with Gasteiger partial charge in [-0.3, -0.25) is 15.0 Å². The van der Waals surface area contributed by atoms with E-state index in [0.717, 1.165) is 19.0 Å². The van der Waals surface area contributed by atoms with Crippen LogP contribution in [-0.2, 0) is 4.79 Å². The van der Waals surface area contributed by atoms with E-state index < -0.39 is 23.6 Å². The quantitative estimate of drug-likeness (QED) is 0.885. The summed E-state index contributed by atoms with van der Waals surface area (Å²) in [6.07, 6.45) is 0.762. The van der Waals surface area contributed by atoms with Gasteiger partial charge in [-0.05, 0) is 38.1 Å². The van der Waals surface area contributed by atoms with Crippen molar-refractivity contribution < 1.29 is 18.7 Å². The topological polar surface area (TPSA) is 52.6 Å². The predicted octanol–water partition coefficient (Wildman–Crippen LogP) is 1.77. The number of hydrogen-bond acceptors (Lipinski definition) is 3. The first-order chi connectivity index (χ1) is 9.40. The van der Waals surface area contributed by atoms with Gasteiger partial charge in [-0.15, -0.1) is 0 Å². The van der Waals surface area contributed by atoms with E-state index in [0.29, 0.717) is 5.56 Å². The number of benzene rings is 1. The average molecular weight is 284 g/mol. The van der Waals surface area contributed by atoms with E-state index in [1.807, 2.05) is 11.9 Å². The summed E-state index contributed by atoms with van der Waals surface area (Å²) in [6.45, 7) is 2.34. The number of likely N-dealkylation sites (N-methyl/N-ethyl adjacent to an activating group) is 1. The Morgan fingerprint density at radius 2 is 2.15 bits per heavy atom. The molecule has 1 aromatic carbocycles. The number of halogens is 2. The second kappa shape index (κ2) is 5.85. The molecule has 2 N–H and O–H groups in total. The number of aliphatic carboxylic acids is 1. The molecule has 1 aliphatic heterocycles. The Morgan fingerprint density at radius 1 is 1.45 bits per heavy atom. The number of hydrogen-bond donors (Lipinski definition) is 2. The maximum absolute atomic E-state index is 13.4. The van der Waals surface area contributed by atoms with E-state index >= 15 is 0 Å². The Labute approximate surface area is 116 Å². The van der Waals surface area contributed by atoms with E-state index in [1.165, 1.54) is 6.07 Å². The van der Waals surface area contributed by atoms with Crippen molar-refractivity contribution in [1.29, 1.82) is 0 Å². The smallest absolute Gasteiger partial charge is 0.320 e. The molecule has 1 saturated heterocycles. The molecule has 3 atom stereocenters. The van der Waals surface area contributed by atoms with Crippen LogP contribution < -0.4 is 5.32 Å². The van der Waals surface area contributed by atoms with Gasteiger partial charge in [-0.25, -0.2) is 8.78 Å². The summed E-state index contributed by atoms with van der Waals surface area (Å²) in [5.74, 6) is -2.69. The van der Waals surface area contributed by atoms with E-state index in [9.17, 15) is 13.6 Å². The van der Waals surface area contributed by atoms with Crippen LogP contribution in [0, 0.1) is 11.6 Å². The van der Waals surface area contributed by atoms with E-state index in [-0.39, 0.29) is 12.1 Å². The van der Waals surface area contributed by atoms with Gasteiger partial charge in [0.25, 0.3) is 0 Å². The van der Waals surface area contributed by atoms with Crippen molar-refractivity contribution in [1.82, 2.24) is 10.2 Å². The van der Waals surface area contributed by atoms with Crippen LogP contribution in [-0.4, -0.2) is 41.7 Å². The zero-order valence-electron chi connectivity index (χ0n) is 11.4. The molecule has 110 valence electrons. The Kier molecular flexibility index (Phi) is 4.35. The van der Waals surface area contributed by atoms with Crippen molar-refractivity contribution in [2.24, 2.45) is 0 Å². The summed E-state index contributed by atoms with van der Waals surface area (Å²) in [6, 6.07) is 2.89. The van der Waals surface area contributed by atoms with Crippen LogP contribution in [0.3, 0.4) is 0 Å². The predicted molar refractivity (Wildman–Crippen MR) is 70.4 cm³/mol. The molecule has 0 amide bonds. The molecule has 0 aliphatic carbocycles. The first-order valence-electron chi connectivity index (χ1n) is 6.54. The number of carboxylic acids is 1. The molecule has 0 unspecified atom stereocenters. The lowest BCUT2D eigenvalue weighted by molar-refractivity contribution is -0.139. The highest BCUT2D eigenvalue weighted by Gasteiger charge is 2.34. The molecular formula is C14H18F2N2O2. The molecule has 0 aromatic heterocycles. The van der Waals surface area contributed by atoms with E-state index in [2.05, 4.69) is 5.32 Å². The Morgan fingerprint density at radius 3 is 2.75 bits per heavy atom. The van der Waals surface area contributed by atoms with Crippen LogP contribution in [0.2, 0.25) is 0 Å². The van der Waals surface area contributed by atoms with Gasteiger partial charge in [0.1, 0.15) is 6.04 Å². The summed E-state index contributed by atoms with van der Waals surface area (Å²) < 4.78 is 26.4. The summed E-state index contributed by atoms with van der Waals surface area (Å²) >= 11 is 0. The number of carboxylic acid groups (broad SMARTS) is 1. The zero-order valence-corrected chi connectivity index (χ0v) is 11.4. The standard InChI is InChI=1S/C14H18F2N2O2/c1-8(14(19)20)17-12-5-6-18(2)13(12)9-3-4-10(15)11(16)7-9/h3-4,7-8,12-13,17H,5-6H2,1-2H3,(H,19,20)/t8-,12-,13+/m0/s1. The molecule has 0 saturated carbocycles. The molecule has 1 aliphatic rings. The van der Waals surface area contributed by atoms with Gasteiger partial charge in [0, 0.05) is 18.6 Å². The average Bonchev–Trinajstić information content (AvgIpc) is 2.74. The SMILES string of the molecule is C[C@H](N[C@H]1CCN(C)[C@@H]1c1ccc(F)c(F)c1)C(=O)O. The lowest BCUT2D eigenvalue weighted by Crippen LogP contribution is -2.43. The van der Waals surface area contributed by atoms with Crippen molar-refractivity contribution >= 4 is 5.97 Å². The van der Waals surface area contributed by atoms with Gasteiger partial charge in [-0.1, -0.05) is 6.07 Å². The molecule has 2 rings (SSSR count). The third-order valence-electron chi connectivity index (χ3n) is 3.77. The van der Waals surface area contributed by atoms with E-state index in [4.69, 9.17) is 5.11 Å². The van der Waals surface area contributed by atoms with Crippen LogP contribution in [0.25, 0.3) is 0 Å². The van der Waals surface area contributed by atoms with Crippen molar-refractivity contribution in [3.8, 4) is 0 Å². The molecule has 4 nitrogen and oxygen atoms in total. The Hall–Kier alpha value is -1.53. The molecule has 6 heteroatoms. The summed E-state index contributed by atoms with van der Waals surface area (Å²) in [5, 5.41) is 12.0. The highest BCUT2D eigenvalue weighted by Crippen LogP contribution is 2.31. The molecule has 0 bridgehead atoms. The fourth-order valence-electron chi connectivity index (χ4n) is 2.70. The lowest BCUT2D eigenvalue weighted by atomic mass is 9.99. The van der Waals surface area contributed by atoms with Crippen LogP contribution in [0.1, 0.15) is 24.9 Å². The third kappa shape index (κ3) is 2.96. The molecule has 1 fully saturated rings. The minimum absolute atomic E-state index is 0.101. The normalized spacial score (nSPS) is 24.8. The summed E-state index contributed by atoms with van der Waals surface area (Å²) in [4.78, 5) is 12.9. The fourth-order valence-corrected chi connectivity index (χ4v) is 2.70. The highest BCUT2D eigenvalue weighted by molar-refractivity contribution is 5.72. The van der Waals surface area contributed by atoms with Gasteiger partial charge >= 0.3 is 5.97 Å². The monoisotopic (exact) mass is 284 g/mol. The molecule has 1 heterocycles. The number of rotatable bonds is 4. The van der Waals surface area contributed by atoms with Gasteiger partial charge in [-0.2, -0.15) is 0 Å². The molecule has 1 aromatic rings. The number of likely N-dealkylation sites (tertiary alicyclic amines) is 1. The fraction of sp³-hybridized carbons (Fsp3) is 0.500. The molecular weight excluding hydrogens is 266 g/mol. The van der Waals surface area contributed by atoms with Gasteiger partial charge in [0.2, 0.25) is 0 Å². The largest absolute Gasteiger partial charge is 0.480 e. The molecule has 0 radical (unpaired) electrons. The minimum Gasteiger partial charge on any atom is -0.480 e. The van der Waals surface area contributed by atoms with Crippen LogP contribution >= 0.6 is 0 Å². The number of carbonyl (C=O) groups is 1. The van der Waals surface area contributed by atoms with Crippen molar-refractivity contribution in [3.05, 3.63) is 35.4 Å². The number of nitrogens with zero attached hydrogens (tertiary/aromatic N) is 1. The number of nitrogens with one attached hydrogen (secondary N) is 1. The summed E-state index contributed by atoms with van der Waals surface area (Å²) in [7, 11) is 1.89. The van der Waals surface area contributed by atoms with Crippen molar-refractivity contribution in [2.75, 3.05) is 13.6 Å².